The van der Waals surface area contributed by atoms with Crippen LogP contribution in [0, 0.1) is 0 Å². The molecule has 2 aromatic heterocycles. The first kappa shape index (κ1) is 23.8. The summed E-state index contributed by atoms with van der Waals surface area (Å²) in [5, 5.41) is 17.1. The van der Waals surface area contributed by atoms with E-state index in [-0.39, 0.29) is 36.8 Å². The van der Waals surface area contributed by atoms with E-state index in [0.29, 0.717) is 24.5 Å². The summed E-state index contributed by atoms with van der Waals surface area (Å²) >= 11 is 0. The van der Waals surface area contributed by atoms with E-state index in [1.54, 1.807) is 6.92 Å². The monoisotopic (exact) mass is 449 g/mol. The van der Waals surface area contributed by atoms with Crippen molar-refractivity contribution in [2.45, 2.75) is 26.1 Å². The van der Waals surface area contributed by atoms with E-state index in [0.717, 1.165) is 22.3 Å². The second kappa shape index (κ2) is 10.2. The van der Waals surface area contributed by atoms with Crippen LogP contribution < -0.4 is 34.9 Å². The Morgan fingerprint density at radius 2 is 1.72 bits per heavy atom. The van der Waals surface area contributed by atoms with Gasteiger partial charge in [-0.15, -0.1) is 10.2 Å². The Kier molecular flexibility index (Phi) is 7.60. The van der Waals surface area contributed by atoms with Gasteiger partial charge < -0.3 is 6.74 Å². The molecule has 7 nitrogen and oxygen atoms in total. The molecule has 0 spiro atoms. The van der Waals surface area contributed by atoms with E-state index >= 15 is 0 Å². The van der Waals surface area contributed by atoms with Crippen LogP contribution in [-0.2, 0) is 19.1 Å². The molecule has 160 valence electrons. The molecular weight excluding hydrogens is 430 g/mol. The fourth-order valence-electron chi connectivity index (χ4n) is 3.10. The molecule has 0 amide bonds. The third-order valence-corrected chi connectivity index (χ3v) is 4.65. The molecule has 32 heavy (non-hydrogen) atoms. The number of tetrazole rings is 1. The van der Waals surface area contributed by atoms with Gasteiger partial charge in [-0.3, -0.25) is 0 Å². The molecule has 11 heteroatoms. The maximum atomic E-state index is 13.0. The molecule has 0 aliphatic carbocycles. The Balaban J connectivity index is 0.00000193. The van der Waals surface area contributed by atoms with Crippen LogP contribution in [-0.4, -0.2) is 30.6 Å². The van der Waals surface area contributed by atoms with Crippen molar-refractivity contribution in [1.82, 2.24) is 30.6 Å². The van der Waals surface area contributed by atoms with Crippen LogP contribution in [0.3, 0.4) is 0 Å². The van der Waals surface area contributed by atoms with Crippen molar-refractivity contribution >= 4 is 5.82 Å². The molecule has 2 heterocycles. The van der Waals surface area contributed by atoms with Gasteiger partial charge in [-0.2, -0.15) is 18.4 Å². The number of aryl methyl sites for hydroxylation is 1. The zero-order valence-corrected chi connectivity index (χ0v) is 19.5. The van der Waals surface area contributed by atoms with Gasteiger partial charge in [0.15, 0.2) is 0 Å². The molecule has 0 aliphatic heterocycles. The number of nitrogens with zero attached hydrogens (tertiary/aromatic N) is 5. The molecule has 4 rings (SSSR count). The van der Waals surface area contributed by atoms with Gasteiger partial charge in [0, 0.05) is 23.9 Å². The molecule has 2 N–H and O–H groups in total. The summed E-state index contributed by atoms with van der Waals surface area (Å²) in [6.07, 6.45) is -4.20. The standard InChI is InChI=1S/C21H18F3N7.Na.H/c1-2-15-11-18(27-20(26-15)21(22,23)24)25-12-13-7-9-14(10-8-13)16-5-3-4-6-17(16)19-28-30-31-29-19;;/h3-11H,2,12H2,1H3,(H,25,26,27)(H,28,29,30,31);;/q;+1;-1. The second-order valence-corrected chi connectivity index (χ2v) is 6.75. The van der Waals surface area contributed by atoms with Crippen molar-refractivity contribution in [3.63, 3.8) is 0 Å². The first-order valence-corrected chi connectivity index (χ1v) is 9.55. The van der Waals surface area contributed by atoms with Crippen molar-refractivity contribution < 1.29 is 44.2 Å². The van der Waals surface area contributed by atoms with Crippen LogP contribution >= 0.6 is 0 Å². The number of halogens is 3. The van der Waals surface area contributed by atoms with Crippen molar-refractivity contribution in [3.8, 4) is 22.5 Å². The molecule has 0 aliphatic rings. The van der Waals surface area contributed by atoms with Crippen LogP contribution in [0.4, 0.5) is 19.0 Å². The predicted octanol–water partition coefficient (Wildman–Crippen LogP) is 1.63. The summed E-state index contributed by atoms with van der Waals surface area (Å²) in [5.74, 6) is -0.495. The summed E-state index contributed by atoms with van der Waals surface area (Å²) < 4.78 is 39.1. The van der Waals surface area contributed by atoms with Crippen molar-refractivity contribution in [2.24, 2.45) is 0 Å². The van der Waals surface area contributed by atoms with E-state index in [4.69, 9.17) is 0 Å². The number of H-pyrrole nitrogens is 1. The first-order valence-electron chi connectivity index (χ1n) is 9.55. The first-order chi connectivity index (χ1) is 14.9. The minimum atomic E-state index is -4.59. The topological polar surface area (TPSA) is 92.3 Å². The third kappa shape index (κ3) is 5.50. The number of anilines is 1. The van der Waals surface area contributed by atoms with Crippen molar-refractivity contribution in [2.75, 3.05) is 5.32 Å². The predicted molar refractivity (Wildman–Crippen MR) is 110 cm³/mol. The number of nitrogens with one attached hydrogen (secondary N) is 2. The number of hydrogen-bond acceptors (Lipinski definition) is 6. The van der Waals surface area contributed by atoms with E-state index in [2.05, 4.69) is 35.9 Å². The molecule has 0 fully saturated rings. The zero-order valence-electron chi connectivity index (χ0n) is 18.5. The maximum absolute atomic E-state index is 13.0. The average Bonchev–Trinajstić information content (AvgIpc) is 3.32. The molecule has 0 saturated heterocycles. The van der Waals surface area contributed by atoms with Crippen LogP contribution in [0.25, 0.3) is 22.5 Å². The Morgan fingerprint density at radius 3 is 2.34 bits per heavy atom. The van der Waals surface area contributed by atoms with Gasteiger partial charge in [0.2, 0.25) is 11.6 Å². The normalized spacial score (nSPS) is 11.1. The Hall–Kier alpha value is -2.82. The zero-order chi connectivity index (χ0) is 21.8. The van der Waals surface area contributed by atoms with Crippen LogP contribution in [0.2, 0.25) is 0 Å². The fraction of sp³-hybridized carbons (Fsp3) is 0.190. The van der Waals surface area contributed by atoms with Crippen molar-refractivity contribution in [1.29, 1.82) is 0 Å². The van der Waals surface area contributed by atoms with Crippen LogP contribution in [0.15, 0.2) is 54.6 Å². The van der Waals surface area contributed by atoms with Gasteiger partial charge in [-0.25, -0.2) is 9.97 Å². The molecule has 0 atom stereocenters. The summed E-state index contributed by atoms with van der Waals surface area (Å²) in [5.41, 5.74) is 3.97. The number of rotatable bonds is 6. The minimum absolute atomic E-state index is 0. The largest absolute Gasteiger partial charge is 1.00 e. The number of benzene rings is 2. The number of aromatic amines is 1. The van der Waals surface area contributed by atoms with Gasteiger partial charge in [0.25, 0.3) is 0 Å². The average molecular weight is 449 g/mol. The van der Waals surface area contributed by atoms with Crippen molar-refractivity contribution in [3.05, 3.63) is 71.7 Å². The summed E-state index contributed by atoms with van der Waals surface area (Å²) in [6, 6.07) is 16.9. The molecule has 2 aromatic carbocycles. The molecular formula is C21H19F3N7Na. The minimum Gasteiger partial charge on any atom is -1.00 e. The Morgan fingerprint density at radius 1 is 1.00 bits per heavy atom. The van der Waals surface area contributed by atoms with Gasteiger partial charge in [-0.05, 0) is 28.3 Å². The SMILES string of the molecule is CCc1cc(NCc2ccc(-c3ccccc3-c3nn[nH]n3)cc2)nc(C(F)(F)F)n1.[H-].[Na+]. The summed E-state index contributed by atoms with van der Waals surface area (Å²) in [4.78, 5) is 7.16. The summed E-state index contributed by atoms with van der Waals surface area (Å²) in [6.45, 7) is 2.07. The summed E-state index contributed by atoms with van der Waals surface area (Å²) in [7, 11) is 0. The van der Waals surface area contributed by atoms with E-state index in [9.17, 15) is 13.2 Å². The molecule has 0 unspecified atom stereocenters. The van der Waals surface area contributed by atoms with Gasteiger partial charge in [0.05, 0.1) is 0 Å². The van der Waals surface area contributed by atoms with Crippen LogP contribution in [0.5, 0.6) is 0 Å². The Labute approximate surface area is 205 Å². The Bertz CT molecular complexity index is 1170. The smallest absolute Gasteiger partial charge is 1.00 e. The van der Waals surface area contributed by atoms with E-state index in [1.165, 1.54) is 6.07 Å². The maximum Gasteiger partial charge on any atom is 1.00 e. The van der Waals surface area contributed by atoms with Gasteiger partial charge in [-0.1, -0.05) is 55.5 Å². The molecule has 4 aromatic rings. The number of alkyl halides is 3. The molecule has 0 radical (unpaired) electrons. The molecule has 0 bridgehead atoms. The molecule has 0 saturated carbocycles. The second-order valence-electron chi connectivity index (χ2n) is 6.75. The quantitative estimate of drug-likeness (QED) is 0.435. The number of hydrogen-bond donors (Lipinski definition) is 2. The van der Waals surface area contributed by atoms with Gasteiger partial charge >= 0.3 is 35.7 Å². The van der Waals surface area contributed by atoms with Gasteiger partial charge in [0.1, 0.15) is 5.82 Å². The fourth-order valence-corrected chi connectivity index (χ4v) is 3.10. The third-order valence-electron chi connectivity index (χ3n) is 4.65. The van der Waals surface area contributed by atoms with E-state index in [1.807, 2.05) is 48.5 Å². The number of aromatic nitrogens is 6. The van der Waals surface area contributed by atoms with Crippen LogP contribution in [0.1, 0.15) is 25.4 Å². The van der Waals surface area contributed by atoms with E-state index < -0.39 is 12.0 Å².